The highest BCUT2D eigenvalue weighted by Gasteiger charge is 2.39. The highest BCUT2D eigenvalue weighted by Crippen LogP contribution is 2.41. The van der Waals surface area contributed by atoms with Crippen LogP contribution in [-0.2, 0) is 46.9 Å². The lowest BCUT2D eigenvalue weighted by Crippen LogP contribution is -2.52. The first kappa shape index (κ1) is 39.9. The van der Waals surface area contributed by atoms with Gasteiger partial charge in [-0.05, 0) is 139 Å². The highest BCUT2D eigenvalue weighted by atomic mass is 16.5. The van der Waals surface area contributed by atoms with Crippen LogP contribution in [0.3, 0.4) is 0 Å². The van der Waals surface area contributed by atoms with Gasteiger partial charge in [-0.3, -0.25) is 19.7 Å². The van der Waals surface area contributed by atoms with E-state index in [2.05, 4.69) is 120 Å². The van der Waals surface area contributed by atoms with Crippen LogP contribution in [0, 0.1) is 0 Å². The first-order valence-electron chi connectivity index (χ1n) is 21.9. The zero-order valence-corrected chi connectivity index (χ0v) is 34.6. The summed E-state index contributed by atoms with van der Waals surface area (Å²) in [5.41, 5.74) is 12.0. The van der Waals surface area contributed by atoms with E-state index in [9.17, 15) is 14.4 Å². The predicted octanol–water partition coefficient (Wildman–Crippen LogP) is 9.14. The van der Waals surface area contributed by atoms with Crippen molar-refractivity contribution in [1.82, 2.24) is 15.1 Å². The van der Waals surface area contributed by atoms with E-state index in [1.807, 2.05) is 12.1 Å². The van der Waals surface area contributed by atoms with Gasteiger partial charge >= 0.3 is 0 Å². The van der Waals surface area contributed by atoms with Gasteiger partial charge in [0.15, 0.2) is 0 Å². The molecule has 60 heavy (non-hydrogen) atoms. The lowest BCUT2D eigenvalue weighted by atomic mass is 9.77. The van der Waals surface area contributed by atoms with E-state index in [4.69, 9.17) is 9.47 Å². The third-order valence-electron chi connectivity index (χ3n) is 13.5. The zero-order valence-electron chi connectivity index (χ0n) is 34.6. The van der Waals surface area contributed by atoms with Gasteiger partial charge in [-0.25, -0.2) is 0 Å². The lowest BCUT2D eigenvalue weighted by Gasteiger charge is -2.35. The molecule has 2 atom stereocenters. The van der Waals surface area contributed by atoms with Crippen LogP contribution in [0.15, 0.2) is 115 Å². The second-order valence-corrected chi connectivity index (χ2v) is 17.3. The van der Waals surface area contributed by atoms with E-state index in [1.165, 1.54) is 44.5 Å². The van der Waals surface area contributed by atoms with Crippen molar-refractivity contribution in [2.45, 2.75) is 101 Å². The number of nitrogens with zero attached hydrogens (tertiary/aromatic N) is 2. The van der Waals surface area contributed by atoms with Crippen LogP contribution in [0.4, 0.5) is 0 Å². The molecule has 0 aromatic heterocycles. The topological polar surface area (TPSA) is 88.2 Å². The second kappa shape index (κ2) is 18.0. The molecule has 2 fully saturated rings. The van der Waals surface area contributed by atoms with E-state index in [1.54, 1.807) is 4.90 Å². The third-order valence-corrected chi connectivity index (χ3v) is 13.5. The van der Waals surface area contributed by atoms with Gasteiger partial charge in [0, 0.05) is 31.1 Å². The molecule has 1 saturated heterocycles. The number of benzene rings is 5. The molecule has 9 rings (SSSR count). The minimum absolute atomic E-state index is 0.113. The summed E-state index contributed by atoms with van der Waals surface area (Å²) in [6.07, 6.45) is 8.29. The van der Waals surface area contributed by atoms with Crippen molar-refractivity contribution in [3.63, 3.8) is 0 Å². The Labute approximate surface area is 353 Å². The average Bonchev–Trinajstić information content (AvgIpc) is 3.62. The smallest absolute Gasteiger partial charge is 0.255 e. The summed E-state index contributed by atoms with van der Waals surface area (Å²) < 4.78 is 12.6. The summed E-state index contributed by atoms with van der Waals surface area (Å²) >= 11 is 0. The zero-order chi connectivity index (χ0) is 41.0. The van der Waals surface area contributed by atoms with E-state index in [0.29, 0.717) is 56.2 Å². The monoisotopic (exact) mass is 801 g/mol. The molecule has 5 aromatic rings. The molecule has 0 unspecified atom stereocenters. The number of amides is 3. The van der Waals surface area contributed by atoms with Gasteiger partial charge in [0.1, 0.15) is 18.4 Å². The molecule has 2 aliphatic heterocycles. The van der Waals surface area contributed by atoms with Crippen LogP contribution in [0.25, 0.3) is 11.1 Å². The van der Waals surface area contributed by atoms with Crippen LogP contribution < -0.4 is 10.1 Å². The van der Waals surface area contributed by atoms with Crippen LogP contribution >= 0.6 is 0 Å². The number of hydrogen-bond donors (Lipinski definition) is 1. The molecule has 2 aliphatic carbocycles. The molecule has 0 bridgehead atoms. The van der Waals surface area contributed by atoms with E-state index < -0.39 is 6.04 Å². The molecule has 0 spiro atoms. The van der Waals surface area contributed by atoms with Gasteiger partial charge < -0.3 is 19.3 Å². The third kappa shape index (κ3) is 8.81. The van der Waals surface area contributed by atoms with Crippen molar-refractivity contribution in [3.05, 3.63) is 160 Å². The Morgan fingerprint density at radius 2 is 1.43 bits per heavy atom. The maximum Gasteiger partial charge on any atom is 0.255 e. The number of imide groups is 1. The van der Waals surface area contributed by atoms with Crippen LogP contribution in [0.5, 0.6) is 5.75 Å². The van der Waals surface area contributed by atoms with Crippen LogP contribution in [-0.4, -0.2) is 59.8 Å². The minimum Gasteiger partial charge on any atom is -0.489 e. The molecule has 5 aromatic carbocycles. The number of rotatable bonds is 13. The van der Waals surface area contributed by atoms with Gasteiger partial charge in [0.25, 0.3) is 5.91 Å². The summed E-state index contributed by atoms with van der Waals surface area (Å²) in [6.45, 7) is 3.11. The SMILES string of the molecule is CN(CCOCc1ccc(-c2cc(OCc3ccccc3)cc3c2C[C@@H](c2ccccc2)CC3)cc1)C1CCC(c2ccc3c(c2)CN([C@H]2CCC(=O)NC2=O)C3=O)CC1. The Balaban J connectivity index is 0.771. The first-order valence-corrected chi connectivity index (χ1v) is 21.9. The van der Waals surface area contributed by atoms with Crippen molar-refractivity contribution >= 4 is 17.7 Å². The summed E-state index contributed by atoms with van der Waals surface area (Å²) in [5, 5.41) is 2.39. The number of aryl methyl sites for hydroxylation is 1. The fourth-order valence-electron chi connectivity index (χ4n) is 10.00. The molecule has 8 nitrogen and oxygen atoms in total. The fourth-order valence-corrected chi connectivity index (χ4v) is 10.00. The summed E-state index contributed by atoms with van der Waals surface area (Å²) in [4.78, 5) is 41.4. The quantitative estimate of drug-likeness (QED) is 0.0945. The molecule has 308 valence electrons. The van der Waals surface area contributed by atoms with Crippen molar-refractivity contribution in [3.8, 4) is 16.9 Å². The fraction of sp³-hybridized carbons (Fsp3) is 0.365. The highest BCUT2D eigenvalue weighted by molar-refractivity contribution is 6.05. The summed E-state index contributed by atoms with van der Waals surface area (Å²) in [5.74, 6) is 1.15. The van der Waals surface area contributed by atoms with Crippen molar-refractivity contribution in [2.75, 3.05) is 20.2 Å². The van der Waals surface area contributed by atoms with Gasteiger partial charge in [0.2, 0.25) is 11.8 Å². The summed E-state index contributed by atoms with van der Waals surface area (Å²) in [6, 6.07) is 40.9. The van der Waals surface area contributed by atoms with Crippen LogP contribution in [0.1, 0.15) is 106 Å². The first-order chi connectivity index (χ1) is 29.4. The maximum absolute atomic E-state index is 13.2. The Kier molecular flexibility index (Phi) is 11.9. The Morgan fingerprint density at radius 1 is 0.683 bits per heavy atom. The predicted molar refractivity (Wildman–Crippen MR) is 234 cm³/mol. The summed E-state index contributed by atoms with van der Waals surface area (Å²) in [7, 11) is 2.22. The number of ether oxygens (including phenoxy) is 2. The molecule has 0 radical (unpaired) electrons. The number of likely N-dealkylation sites (N-methyl/N-ethyl adjacent to an activating group) is 1. The van der Waals surface area contributed by atoms with E-state index in [-0.39, 0.29) is 24.1 Å². The standard InChI is InChI=1S/C52H55N3O5/c1-54(44-21-18-38(19-22-44)40-20-23-46-43(28-40)32-55(52(46)58)49-24-25-50(56)53-51(49)57)26-27-59-33-36-12-14-39(15-13-36)48-31-45(60-34-35-8-4-2-5-9-35)29-42-17-16-41(30-47(42)48)37-10-6-3-7-11-37/h2-15,20,23,28-29,31,38,41,44,49H,16-19,21-22,24-27,30,32-34H2,1H3,(H,53,56,57)/t38?,41-,44?,49-/m0/s1. The van der Waals surface area contributed by atoms with Crippen molar-refractivity contribution in [2.24, 2.45) is 0 Å². The van der Waals surface area contributed by atoms with Gasteiger partial charge in [-0.2, -0.15) is 0 Å². The van der Waals surface area contributed by atoms with Gasteiger partial charge in [0.05, 0.1) is 13.2 Å². The second-order valence-electron chi connectivity index (χ2n) is 17.3. The van der Waals surface area contributed by atoms with Gasteiger partial charge in [-0.1, -0.05) is 97.1 Å². The number of hydrogen-bond acceptors (Lipinski definition) is 6. The molecule has 4 aliphatic rings. The normalized spacial score (nSPS) is 21.4. The molecular formula is C52H55N3O5. The van der Waals surface area contributed by atoms with Gasteiger partial charge in [-0.15, -0.1) is 0 Å². The number of carbonyl (C=O) groups excluding carboxylic acids is 3. The Bertz CT molecular complexity index is 2320. The van der Waals surface area contributed by atoms with E-state index in [0.717, 1.165) is 62.8 Å². The number of fused-ring (bicyclic) bond motifs is 2. The molecule has 3 amide bonds. The van der Waals surface area contributed by atoms with Crippen molar-refractivity contribution < 1.29 is 23.9 Å². The Hall–Kier alpha value is -5.57. The minimum atomic E-state index is -0.582. The Morgan fingerprint density at radius 3 is 2.20 bits per heavy atom. The lowest BCUT2D eigenvalue weighted by molar-refractivity contribution is -0.136. The molecule has 1 saturated carbocycles. The van der Waals surface area contributed by atoms with Crippen LogP contribution in [0.2, 0.25) is 0 Å². The largest absolute Gasteiger partial charge is 0.489 e. The molecule has 2 heterocycles. The molecule has 1 N–H and O–H groups in total. The maximum atomic E-state index is 13.2. The number of nitrogens with one attached hydrogen (secondary N) is 1. The molecule has 8 heteroatoms. The van der Waals surface area contributed by atoms with Crippen molar-refractivity contribution in [1.29, 1.82) is 0 Å². The van der Waals surface area contributed by atoms with E-state index >= 15 is 0 Å². The number of piperidine rings is 1. The molecular weight excluding hydrogens is 747 g/mol. The number of carbonyl (C=O) groups is 3. The average molecular weight is 802 g/mol.